The van der Waals surface area contributed by atoms with Crippen molar-refractivity contribution in [1.82, 2.24) is 0 Å². The van der Waals surface area contributed by atoms with E-state index in [0.29, 0.717) is 3.80 Å². The molecule has 1 heteroatoms. The molecule has 1 aliphatic carbocycles. The fourth-order valence-electron chi connectivity index (χ4n) is 2.48. The molecule has 1 unspecified atom stereocenters. The van der Waals surface area contributed by atoms with Crippen molar-refractivity contribution in [2.45, 2.75) is 26.7 Å². The van der Waals surface area contributed by atoms with Gasteiger partial charge >= 0.3 is 125 Å². The van der Waals surface area contributed by atoms with Crippen molar-refractivity contribution >= 4 is 16.3 Å². The summed E-state index contributed by atoms with van der Waals surface area (Å²) in [6.45, 7) is 2.40. The Morgan fingerprint density at radius 3 is 2.25 bits per heavy atom. The van der Waals surface area contributed by atoms with Crippen molar-refractivity contribution in [3.8, 4) is 0 Å². The third kappa shape index (κ3) is 2.31. The van der Waals surface area contributed by atoms with Crippen LogP contribution in [0.15, 0.2) is 60.7 Å². The monoisotopic (exact) mass is 445 g/mol. The molecule has 0 heterocycles. The van der Waals surface area contributed by atoms with Crippen LogP contribution in [-0.2, 0) is 16.1 Å². The standard InChI is InChI=1S/C16H13.3CH3.Pt/c1-12-6-7-15(10-12)16-9-8-13-4-2-3-5-14(13)11-16;;;;/h2-11H,1H3;3*1H3;. The number of fused-ring (bicyclic) bond motifs is 1. The van der Waals surface area contributed by atoms with Crippen LogP contribution in [0.25, 0.3) is 16.3 Å². The maximum atomic E-state index is 2.49. The van der Waals surface area contributed by atoms with E-state index >= 15 is 0 Å². The van der Waals surface area contributed by atoms with Crippen molar-refractivity contribution in [3.05, 3.63) is 66.3 Å². The minimum absolute atomic E-state index is 0.313. The summed E-state index contributed by atoms with van der Waals surface area (Å²) in [4.78, 5) is 0. The Balaban J connectivity index is 2.05. The molecule has 0 N–H and O–H groups in total. The van der Waals surface area contributed by atoms with E-state index in [1.807, 2.05) is 0 Å². The molecule has 1 aliphatic rings. The average Bonchev–Trinajstić information content (AvgIpc) is 2.82. The summed E-state index contributed by atoms with van der Waals surface area (Å²) in [5, 5.41) is 10.1. The molecule has 0 nitrogen and oxygen atoms in total. The molecule has 20 heavy (non-hydrogen) atoms. The Morgan fingerprint density at radius 2 is 1.60 bits per heavy atom. The molecule has 0 spiro atoms. The van der Waals surface area contributed by atoms with Gasteiger partial charge in [-0.3, -0.25) is 0 Å². The van der Waals surface area contributed by atoms with E-state index in [1.165, 1.54) is 21.9 Å². The van der Waals surface area contributed by atoms with Gasteiger partial charge in [0.2, 0.25) is 0 Å². The SMILES string of the molecule is C[C]1([Pt]([CH3])([CH3])[CH3])C=CC(c2ccc3ccccc3c2)=C1. The molecule has 3 rings (SSSR count). The van der Waals surface area contributed by atoms with Gasteiger partial charge in [-0.05, 0) is 0 Å². The molecule has 0 amide bonds. The Hall–Kier alpha value is -1.13. The molecule has 0 radical (unpaired) electrons. The zero-order chi connectivity index (χ0) is 14.4. The molecule has 0 bridgehead atoms. The van der Waals surface area contributed by atoms with Gasteiger partial charge in [-0.15, -0.1) is 0 Å². The van der Waals surface area contributed by atoms with Crippen LogP contribution in [0, 0.1) is 0 Å². The van der Waals surface area contributed by atoms with Gasteiger partial charge in [0.25, 0.3) is 0 Å². The summed E-state index contributed by atoms with van der Waals surface area (Å²) in [6.07, 6.45) is 7.24. The molecule has 0 aromatic heterocycles. The van der Waals surface area contributed by atoms with Crippen LogP contribution in [0.1, 0.15) is 12.5 Å². The number of hydrogen-bond donors (Lipinski definition) is 0. The maximum absolute atomic E-state index is 2.49. The number of benzene rings is 2. The van der Waals surface area contributed by atoms with E-state index in [1.54, 1.807) is 0 Å². The number of hydrogen-bond acceptors (Lipinski definition) is 0. The van der Waals surface area contributed by atoms with Crippen LogP contribution in [0.3, 0.4) is 0 Å². The summed E-state index contributed by atoms with van der Waals surface area (Å²) in [5.41, 5.74) is 2.73. The van der Waals surface area contributed by atoms with Gasteiger partial charge in [0.1, 0.15) is 0 Å². The first kappa shape index (κ1) is 13.8. The van der Waals surface area contributed by atoms with Gasteiger partial charge in [0.15, 0.2) is 0 Å². The first-order valence-electron chi connectivity index (χ1n) is 6.66. The molecule has 0 fully saturated rings. The van der Waals surface area contributed by atoms with Gasteiger partial charge in [-0.25, -0.2) is 0 Å². The first-order chi connectivity index (χ1) is 9.39. The zero-order valence-electron chi connectivity index (χ0n) is 12.6. The van der Waals surface area contributed by atoms with Crippen LogP contribution in [-0.4, -0.2) is 0 Å². The predicted octanol–water partition coefficient (Wildman–Crippen LogP) is 6.27. The van der Waals surface area contributed by atoms with Gasteiger partial charge in [-0.1, -0.05) is 0 Å². The van der Waals surface area contributed by atoms with Gasteiger partial charge in [0, 0.05) is 0 Å². The Morgan fingerprint density at radius 1 is 0.900 bits per heavy atom. The number of rotatable bonds is 2. The quantitative estimate of drug-likeness (QED) is 0.511. The summed E-state index contributed by atoms with van der Waals surface area (Å²) >= 11 is -1.68. The van der Waals surface area contributed by atoms with Gasteiger partial charge < -0.3 is 0 Å². The van der Waals surface area contributed by atoms with E-state index < -0.39 is 16.1 Å². The molecule has 0 saturated carbocycles. The average molecular weight is 445 g/mol. The van der Waals surface area contributed by atoms with E-state index in [0.717, 1.165) is 0 Å². The first-order valence-corrected chi connectivity index (χ1v) is 14.6. The van der Waals surface area contributed by atoms with Crippen molar-refractivity contribution in [2.24, 2.45) is 0 Å². The second kappa shape index (κ2) is 4.71. The second-order valence-electron chi connectivity index (χ2n) is 6.00. The summed E-state index contributed by atoms with van der Waals surface area (Å²) in [7, 11) is 0. The molecule has 0 saturated heterocycles. The van der Waals surface area contributed by atoms with Crippen molar-refractivity contribution in [1.29, 1.82) is 0 Å². The van der Waals surface area contributed by atoms with Crippen LogP contribution >= 0.6 is 0 Å². The Labute approximate surface area is 125 Å². The fourth-order valence-corrected chi connectivity index (χ4v) is 5.14. The van der Waals surface area contributed by atoms with E-state index in [-0.39, 0.29) is 0 Å². The molecular weight excluding hydrogens is 423 g/mol. The normalized spacial score (nSPS) is 23.1. The van der Waals surface area contributed by atoms with E-state index in [9.17, 15) is 0 Å². The van der Waals surface area contributed by atoms with Crippen LogP contribution < -0.4 is 0 Å². The van der Waals surface area contributed by atoms with Crippen molar-refractivity contribution in [2.75, 3.05) is 0 Å². The van der Waals surface area contributed by atoms with Crippen molar-refractivity contribution < 1.29 is 16.1 Å². The summed E-state index contributed by atoms with van der Waals surface area (Å²) < 4.78 is 0.313. The molecule has 1 atom stereocenters. The minimum atomic E-state index is -1.68. The van der Waals surface area contributed by atoms with Gasteiger partial charge in [0.05, 0.1) is 0 Å². The van der Waals surface area contributed by atoms with E-state index in [4.69, 9.17) is 0 Å². The third-order valence-corrected chi connectivity index (χ3v) is 12.2. The number of allylic oxidation sites excluding steroid dienone is 4. The van der Waals surface area contributed by atoms with Crippen molar-refractivity contribution in [3.63, 3.8) is 0 Å². The van der Waals surface area contributed by atoms with E-state index in [2.05, 4.69) is 83.6 Å². The molecule has 0 aliphatic heterocycles. The molecular formula is C19H22Pt. The predicted molar refractivity (Wildman–Crippen MR) is 87.0 cm³/mol. The topological polar surface area (TPSA) is 0 Å². The summed E-state index contributed by atoms with van der Waals surface area (Å²) in [6, 6.07) is 15.4. The van der Waals surface area contributed by atoms with Crippen LogP contribution in [0.5, 0.6) is 0 Å². The Kier molecular flexibility index (Phi) is 3.26. The molecule has 2 aromatic rings. The summed E-state index contributed by atoms with van der Waals surface area (Å²) in [5.74, 6) is 0. The van der Waals surface area contributed by atoms with Crippen LogP contribution in [0.4, 0.5) is 0 Å². The molecule has 108 valence electrons. The Bertz CT molecular complexity index is 716. The fraction of sp³-hybridized carbons (Fsp3) is 0.263. The zero-order valence-corrected chi connectivity index (χ0v) is 14.9. The van der Waals surface area contributed by atoms with Crippen LogP contribution in [0.2, 0.25) is 19.7 Å². The third-order valence-electron chi connectivity index (χ3n) is 4.11. The molecule has 2 aromatic carbocycles. The second-order valence-corrected chi connectivity index (χ2v) is 18.7. The van der Waals surface area contributed by atoms with Gasteiger partial charge in [-0.2, -0.15) is 0 Å².